The van der Waals surface area contributed by atoms with E-state index in [1.807, 2.05) is 39.8 Å². The molecule has 0 aliphatic rings. The Balaban J connectivity index is 1.95. The van der Waals surface area contributed by atoms with E-state index in [1.54, 1.807) is 32.3 Å². The minimum Gasteiger partial charge on any atom is -0.493 e. The van der Waals surface area contributed by atoms with E-state index in [0.717, 1.165) is 23.3 Å². The fraction of sp³-hybridized carbons (Fsp3) is 0.417. The molecule has 29 heavy (non-hydrogen) atoms. The third kappa shape index (κ3) is 6.08. The lowest BCUT2D eigenvalue weighted by Crippen LogP contribution is -2.32. The number of nitrogens with zero attached hydrogens (tertiary/aromatic N) is 1. The summed E-state index contributed by atoms with van der Waals surface area (Å²) < 4.78 is 5.91. The Morgan fingerprint density at radius 3 is 2.45 bits per heavy atom. The number of carbonyl (C=O) groups is 2. The minimum atomic E-state index is -0.584. The molecule has 0 saturated heterocycles. The zero-order valence-electron chi connectivity index (χ0n) is 18.3. The van der Waals surface area contributed by atoms with E-state index in [4.69, 9.17) is 4.74 Å². The summed E-state index contributed by atoms with van der Waals surface area (Å²) in [4.78, 5) is 26.7. The quantitative estimate of drug-likeness (QED) is 0.650. The first kappa shape index (κ1) is 22.5. The molecule has 0 aliphatic heterocycles. The molecular weight excluding hydrogens is 364 g/mol. The molecule has 0 spiro atoms. The highest BCUT2D eigenvalue weighted by molar-refractivity contribution is 6.04. The molecule has 156 valence electrons. The number of hydrogen-bond donors (Lipinski definition) is 1. The van der Waals surface area contributed by atoms with Gasteiger partial charge in [-0.15, -0.1) is 0 Å². The van der Waals surface area contributed by atoms with Crippen LogP contribution < -0.4 is 10.1 Å². The van der Waals surface area contributed by atoms with Crippen molar-refractivity contribution < 1.29 is 14.3 Å². The van der Waals surface area contributed by atoms with Crippen molar-refractivity contribution in [3.05, 3.63) is 59.2 Å². The van der Waals surface area contributed by atoms with Gasteiger partial charge in [0.2, 0.25) is 5.91 Å². The Kier molecular flexibility index (Phi) is 7.43. The summed E-state index contributed by atoms with van der Waals surface area (Å²) >= 11 is 0. The second-order valence-corrected chi connectivity index (χ2v) is 8.30. The van der Waals surface area contributed by atoms with Crippen molar-refractivity contribution in [2.75, 3.05) is 26.0 Å². The summed E-state index contributed by atoms with van der Waals surface area (Å²) in [5.74, 6) is 0.646. The van der Waals surface area contributed by atoms with Gasteiger partial charge in [0.1, 0.15) is 5.75 Å². The van der Waals surface area contributed by atoms with Crippen LogP contribution in [0.4, 0.5) is 5.69 Å². The minimum absolute atomic E-state index is 0.108. The van der Waals surface area contributed by atoms with Gasteiger partial charge in [-0.25, -0.2) is 0 Å². The van der Waals surface area contributed by atoms with E-state index in [9.17, 15) is 9.59 Å². The number of rotatable bonds is 8. The van der Waals surface area contributed by atoms with Crippen LogP contribution in [0.2, 0.25) is 0 Å². The van der Waals surface area contributed by atoms with Gasteiger partial charge >= 0.3 is 0 Å². The molecule has 2 aromatic rings. The first-order valence-electron chi connectivity index (χ1n) is 9.94. The predicted molar refractivity (Wildman–Crippen MR) is 118 cm³/mol. The van der Waals surface area contributed by atoms with Gasteiger partial charge < -0.3 is 15.0 Å². The highest BCUT2D eigenvalue weighted by atomic mass is 16.5. The van der Waals surface area contributed by atoms with Crippen molar-refractivity contribution in [3.8, 4) is 5.75 Å². The zero-order chi connectivity index (χ0) is 21.6. The molecule has 1 N–H and O–H groups in total. The summed E-state index contributed by atoms with van der Waals surface area (Å²) in [6, 6.07) is 13.2. The molecule has 0 unspecified atom stereocenters. The van der Waals surface area contributed by atoms with E-state index >= 15 is 0 Å². The van der Waals surface area contributed by atoms with Gasteiger partial charge in [0.05, 0.1) is 17.9 Å². The second kappa shape index (κ2) is 9.59. The number of ether oxygens (including phenoxy) is 1. The van der Waals surface area contributed by atoms with Crippen LogP contribution in [0.3, 0.4) is 0 Å². The smallest absolute Gasteiger partial charge is 0.255 e. The highest BCUT2D eigenvalue weighted by Gasteiger charge is 2.28. The maximum absolute atomic E-state index is 12.9. The third-order valence-corrected chi connectivity index (χ3v) is 4.97. The number of nitrogens with one attached hydrogen (secondary N) is 1. The maximum Gasteiger partial charge on any atom is 0.255 e. The standard InChI is InChI=1S/C24H32N2O3/c1-17-12-13-18(2)21(16-17)29-15-9-14-24(3,4)23(28)25-20-11-8-7-10-19(20)22(27)26(5)6/h7-8,10-13,16H,9,14-15H2,1-6H3,(H,25,28). The second-order valence-electron chi connectivity index (χ2n) is 8.30. The lowest BCUT2D eigenvalue weighted by molar-refractivity contribution is -0.124. The van der Waals surface area contributed by atoms with Crippen LogP contribution in [-0.4, -0.2) is 37.4 Å². The number of benzene rings is 2. The van der Waals surface area contributed by atoms with Crippen LogP contribution >= 0.6 is 0 Å². The molecule has 2 rings (SSSR count). The number of aryl methyl sites for hydroxylation is 2. The summed E-state index contributed by atoms with van der Waals surface area (Å²) in [7, 11) is 3.39. The Bertz CT molecular complexity index is 872. The normalized spacial score (nSPS) is 11.1. The van der Waals surface area contributed by atoms with Crippen LogP contribution in [0, 0.1) is 19.3 Å². The van der Waals surface area contributed by atoms with Crippen LogP contribution in [0.25, 0.3) is 0 Å². The molecule has 0 aliphatic carbocycles. The van der Waals surface area contributed by atoms with Crippen molar-refractivity contribution in [1.82, 2.24) is 4.90 Å². The average Bonchev–Trinajstić information content (AvgIpc) is 2.67. The van der Waals surface area contributed by atoms with Gasteiger partial charge in [0.15, 0.2) is 0 Å². The topological polar surface area (TPSA) is 58.6 Å². The zero-order valence-corrected chi connectivity index (χ0v) is 18.3. The van der Waals surface area contributed by atoms with Crippen molar-refractivity contribution in [2.24, 2.45) is 5.41 Å². The van der Waals surface area contributed by atoms with E-state index in [2.05, 4.69) is 17.4 Å². The summed E-state index contributed by atoms with van der Waals surface area (Å²) in [5, 5.41) is 2.93. The van der Waals surface area contributed by atoms with Gasteiger partial charge in [-0.3, -0.25) is 9.59 Å². The number of hydrogen-bond acceptors (Lipinski definition) is 3. The molecule has 5 nitrogen and oxygen atoms in total. The van der Waals surface area contributed by atoms with Crippen molar-refractivity contribution >= 4 is 17.5 Å². The molecule has 0 radical (unpaired) electrons. The molecule has 0 saturated carbocycles. The molecule has 2 aromatic carbocycles. The number of amides is 2. The molecule has 2 amide bonds. The van der Waals surface area contributed by atoms with Gasteiger partial charge in [0, 0.05) is 19.5 Å². The fourth-order valence-electron chi connectivity index (χ4n) is 2.98. The summed E-state index contributed by atoms with van der Waals surface area (Å²) in [6.45, 7) is 8.45. The lowest BCUT2D eigenvalue weighted by atomic mass is 9.86. The van der Waals surface area contributed by atoms with Crippen LogP contribution in [0.1, 0.15) is 48.2 Å². The largest absolute Gasteiger partial charge is 0.493 e. The van der Waals surface area contributed by atoms with Crippen LogP contribution in [0.15, 0.2) is 42.5 Å². The molecule has 0 fully saturated rings. The number of anilines is 1. The Morgan fingerprint density at radius 2 is 1.76 bits per heavy atom. The lowest BCUT2D eigenvalue weighted by Gasteiger charge is -2.24. The van der Waals surface area contributed by atoms with Crippen molar-refractivity contribution in [3.63, 3.8) is 0 Å². The van der Waals surface area contributed by atoms with Gasteiger partial charge in [-0.05, 0) is 56.0 Å². The predicted octanol–water partition coefficient (Wildman–Crippen LogP) is 4.83. The Labute approximate surface area is 174 Å². The van der Waals surface area contributed by atoms with Gasteiger partial charge in [-0.1, -0.05) is 38.1 Å². The van der Waals surface area contributed by atoms with Gasteiger partial charge in [0.25, 0.3) is 5.91 Å². The maximum atomic E-state index is 12.9. The van der Waals surface area contributed by atoms with Crippen LogP contribution in [-0.2, 0) is 4.79 Å². The first-order valence-corrected chi connectivity index (χ1v) is 9.94. The fourth-order valence-corrected chi connectivity index (χ4v) is 2.98. The average molecular weight is 397 g/mol. The van der Waals surface area contributed by atoms with Crippen molar-refractivity contribution in [2.45, 2.75) is 40.5 Å². The SMILES string of the molecule is Cc1ccc(C)c(OCCCC(C)(C)C(=O)Nc2ccccc2C(=O)N(C)C)c1. The van der Waals surface area contributed by atoms with E-state index in [-0.39, 0.29) is 11.8 Å². The van der Waals surface area contributed by atoms with E-state index in [0.29, 0.717) is 24.3 Å². The number of carbonyl (C=O) groups excluding carboxylic acids is 2. The molecule has 0 heterocycles. The van der Waals surface area contributed by atoms with Crippen LogP contribution in [0.5, 0.6) is 5.75 Å². The highest BCUT2D eigenvalue weighted by Crippen LogP contribution is 2.27. The molecule has 5 heteroatoms. The number of para-hydroxylation sites is 1. The van der Waals surface area contributed by atoms with Crippen molar-refractivity contribution in [1.29, 1.82) is 0 Å². The Hall–Kier alpha value is -2.82. The monoisotopic (exact) mass is 396 g/mol. The summed E-state index contributed by atoms with van der Waals surface area (Å²) in [6.07, 6.45) is 1.43. The molecule has 0 atom stereocenters. The molecular formula is C24H32N2O3. The first-order chi connectivity index (χ1) is 13.6. The Morgan fingerprint density at radius 1 is 1.07 bits per heavy atom. The third-order valence-electron chi connectivity index (χ3n) is 4.97. The molecule has 0 aromatic heterocycles. The van der Waals surface area contributed by atoms with E-state index < -0.39 is 5.41 Å². The molecule has 0 bridgehead atoms. The van der Waals surface area contributed by atoms with Gasteiger partial charge in [-0.2, -0.15) is 0 Å². The van der Waals surface area contributed by atoms with E-state index in [1.165, 1.54) is 4.90 Å². The summed E-state index contributed by atoms with van der Waals surface area (Å²) in [5.41, 5.74) is 2.71.